The zero-order valence-corrected chi connectivity index (χ0v) is 16.9. The van der Waals surface area contributed by atoms with Crippen molar-refractivity contribution < 1.29 is 8.42 Å². The molecule has 1 aliphatic heterocycles. The maximum Gasteiger partial charge on any atom is 0.258 e. The van der Waals surface area contributed by atoms with E-state index in [1.54, 1.807) is 12.1 Å². The lowest BCUT2D eigenvalue weighted by molar-refractivity contribution is 0.267. The molecule has 27 heavy (non-hydrogen) atoms. The third-order valence-corrected chi connectivity index (χ3v) is 7.19. The molecule has 0 bridgehead atoms. The zero-order chi connectivity index (χ0) is 19.2. The molecular weight excluding hydrogens is 384 g/mol. The van der Waals surface area contributed by atoms with Crippen molar-refractivity contribution in [1.82, 2.24) is 8.87 Å². The van der Waals surface area contributed by atoms with Crippen molar-refractivity contribution in [2.75, 3.05) is 12.8 Å². The van der Waals surface area contributed by atoms with Crippen LogP contribution in [0.3, 0.4) is 0 Å². The first-order valence-corrected chi connectivity index (χ1v) is 11.5. The van der Waals surface area contributed by atoms with Gasteiger partial charge in [0.05, 0.1) is 6.26 Å². The predicted molar refractivity (Wildman–Crippen MR) is 107 cm³/mol. The number of pyridine rings is 1. The number of rotatable bonds is 4. The van der Waals surface area contributed by atoms with E-state index in [1.807, 2.05) is 22.8 Å². The second-order valence-electron chi connectivity index (χ2n) is 7.60. The van der Waals surface area contributed by atoms with E-state index in [2.05, 4.69) is 0 Å². The molecule has 2 aliphatic rings. The van der Waals surface area contributed by atoms with E-state index in [9.17, 15) is 13.2 Å². The van der Waals surface area contributed by atoms with Gasteiger partial charge in [-0.25, -0.2) is 8.42 Å². The minimum absolute atomic E-state index is 0.00396. The molecule has 5 nitrogen and oxygen atoms in total. The van der Waals surface area contributed by atoms with Gasteiger partial charge in [-0.1, -0.05) is 30.2 Å². The SMILES string of the molecule is CS(=O)(=O)N1CCc2c(cc(-c3cccc(Cl)c3)c(=O)n2CC2CCC2)C1. The summed E-state index contributed by atoms with van der Waals surface area (Å²) in [6.45, 7) is 1.45. The van der Waals surface area contributed by atoms with E-state index < -0.39 is 10.0 Å². The van der Waals surface area contributed by atoms with Gasteiger partial charge in [-0.15, -0.1) is 0 Å². The molecule has 144 valence electrons. The molecule has 0 amide bonds. The van der Waals surface area contributed by atoms with Gasteiger partial charge >= 0.3 is 0 Å². The Labute approximate surface area is 164 Å². The van der Waals surface area contributed by atoms with Gasteiger partial charge < -0.3 is 4.57 Å². The first-order valence-electron chi connectivity index (χ1n) is 9.29. The summed E-state index contributed by atoms with van der Waals surface area (Å²) in [5.41, 5.74) is 3.26. The van der Waals surface area contributed by atoms with Crippen LogP contribution in [0.5, 0.6) is 0 Å². The van der Waals surface area contributed by atoms with Crippen molar-refractivity contribution in [3.63, 3.8) is 0 Å². The number of sulfonamides is 1. The van der Waals surface area contributed by atoms with Crippen molar-refractivity contribution in [3.05, 3.63) is 57.0 Å². The summed E-state index contributed by atoms with van der Waals surface area (Å²) in [5, 5.41) is 0.577. The summed E-state index contributed by atoms with van der Waals surface area (Å²) in [6, 6.07) is 9.13. The Morgan fingerprint density at radius 2 is 2.00 bits per heavy atom. The molecule has 4 rings (SSSR count). The quantitative estimate of drug-likeness (QED) is 0.782. The van der Waals surface area contributed by atoms with Gasteiger partial charge in [0.25, 0.3) is 5.56 Å². The summed E-state index contributed by atoms with van der Waals surface area (Å²) in [5.74, 6) is 0.536. The molecule has 1 aromatic carbocycles. The van der Waals surface area contributed by atoms with Gasteiger partial charge in [0.1, 0.15) is 0 Å². The van der Waals surface area contributed by atoms with Gasteiger partial charge in [-0.3, -0.25) is 4.79 Å². The third-order valence-electron chi connectivity index (χ3n) is 5.71. The normalized spacial score (nSPS) is 18.1. The maximum atomic E-state index is 13.3. The molecule has 0 saturated heterocycles. The van der Waals surface area contributed by atoms with Crippen LogP contribution in [0, 0.1) is 5.92 Å². The van der Waals surface area contributed by atoms with Crippen LogP contribution in [0.15, 0.2) is 35.1 Å². The molecule has 1 saturated carbocycles. The van der Waals surface area contributed by atoms with Crippen LogP contribution in [0.25, 0.3) is 11.1 Å². The van der Waals surface area contributed by atoms with Crippen molar-refractivity contribution in [1.29, 1.82) is 0 Å². The highest BCUT2D eigenvalue weighted by Gasteiger charge is 2.28. The molecule has 1 fully saturated rings. The zero-order valence-electron chi connectivity index (χ0n) is 15.3. The minimum Gasteiger partial charge on any atom is -0.311 e. The van der Waals surface area contributed by atoms with Crippen LogP contribution in [0.2, 0.25) is 5.02 Å². The molecule has 1 aromatic heterocycles. The van der Waals surface area contributed by atoms with Crippen molar-refractivity contribution in [2.45, 2.75) is 38.8 Å². The highest BCUT2D eigenvalue weighted by molar-refractivity contribution is 7.88. The fourth-order valence-corrected chi connectivity index (χ4v) is 4.95. The minimum atomic E-state index is -3.27. The first-order chi connectivity index (χ1) is 12.8. The number of nitrogens with zero attached hydrogens (tertiary/aromatic N) is 2. The Balaban J connectivity index is 1.85. The smallest absolute Gasteiger partial charge is 0.258 e. The second-order valence-corrected chi connectivity index (χ2v) is 10.0. The van der Waals surface area contributed by atoms with Gasteiger partial charge in [0, 0.05) is 42.3 Å². The highest BCUT2D eigenvalue weighted by Crippen LogP contribution is 2.31. The van der Waals surface area contributed by atoms with Gasteiger partial charge in [-0.05, 0) is 48.1 Å². The van der Waals surface area contributed by atoms with E-state index in [-0.39, 0.29) is 5.56 Å². The summed E-state index contributed by atoms with van der Waals surface area (Å²) in [7, 11) is -3.27. The van der Waals surface area contributed by atoms with Crippen LogP contribution >= 0.6 is 11.6 Å². The standard InChI is InChI=1S/C20H23ClN2O3S/c1-27(25,26)22-9-8-19-16(13-22)11-18(15-6-3-7-17(21)10-15)20(24)23(19)12-14-4-2-5-14/h3,6-7,10-11,14H,2,4-5,8-9,12-13H2,1H3. The highest BCUT2D eigenvalue weighted by atomic mass is 35.5. The van der Waals surface area contributed by atoms with E-state index >= 15 is 0 Å². The van der Waals surface area contributed by atoms with Gasteiger partial charge in [0.2, 0.25) is 10.0 Å². The monoisotopic (exact) mass is 406 g/mol. The number of hydrogen-bond donors (Lipinski definition) is 0. The van der Waals surface area contributed by atoms with Crippen molar-refractivity contribution in [3.8, 4) is 11.1 Å². The Morgan fingerprint density at radius 3 is 2.63 bits per heavy atom. The molecule has 7 heteroatoms. The maximum absolute atomic E-state index is 13.3. The Bertz CT molecular complexity index is 1040. The number of fused-ring (bicyclic) bond motifs is 1. The van der Waals surface area contributed by atoms with E-state index in [0.717, 1.165) is 29.7 Å². The first kappa shape index (κ1) is 18.7. The van der Waals surface area contributed by atoms with Crippen LogP contribution in [0.1, 0.15) is 30.5 Å². The fraction of sp³-hybridized carbons (Fsp3) is 0.450. The molecule has 0 unspecified atom stereocenters. The Hall–Kier alpha value is -1.63. The molecule has 0 spiro atoms. The largest absolute Gasteiger partial charge is 0.311 e. The predicted octanol–water partition coefficient (Wildman–Crippen LogP) is 3.29. The van der Waals surface area contributed by atoms with E-state index in [0.29, 0.717) is 42.6 Å². The van der Waals surface area contributed by atoms with Crippen LogP contribution < -0.4 is 5.56 Å². The van der Waals surface area contributed by atoms with Gasteiger partial charge in [-0.2, -0.15) is 4.31 Å². The Kier molecular flexibility index (Phi) is 4.91. The molecule has 0 radical (unpaired) electrons. The third kappa shape index (κ3) is 3.71. The number of halogens is 1. The lowest BCUT2D eigenvalue weighted by Crippen LogP contribution is -2.40. The van der Waals surface area contributed by atoms with Crippen molar-refractivity contribution >= 4 is 21.6 Å². The molecule has 0 atom stereocenters. The molecule has 1 aliphatic carbocycles. The van der Waals surface area contributed by atoms with E-state index in [4.69, 9.17) is 11.6 Å². The van der Waals surface area contributed by atoms with Crippen LogP contribution in [-0.4, -0.2) is 30.1 Å². The average Bonchev–Trinajstić information content (AvgIpc) is 2.57. The van der Waals surface area contributed by atoms with E-state index in [1.165, 1.54) is 17.0 Å². The summed E-state index contributed by atoms with van der Waals surface area (Å²) in [6.07, 6.45) is 5.33. The van der Waals surface area contributed by atoms with Crippen molar-refractivity contribution in [2.24, 2.45) is 5.92 Å². The topological polar surface area (TPSA) is 59.4 Å². The summed E-state index contributed by atoms with van der Waals surface area (Å²) >= 11 is 6.13. The average molecular weight is 407 g/mol. The lowest BCUT2D eigenvalue weighted by atomic mass is 9.85. The molecule has 2 aromatic rings. The lowest BCUT2D eigenvalue weighted by Gasteiger charge is -2.32. The second kappa shape index (κ2) is 7.08. The fourth-order valence-electron chi connectivity index (χ4n) is 3.97. The van der Waals surface area contributed by atoms with Gasteiger partial charge in [0.15, 0.2) is 0 Å². The number of aromatic nitrogens is 1. The molecule has 2 heterocycles. The van der Waals surface area contributed by atoms with Crippen LogP contribution in [0.4, 0.5) is 0 Å². The summed E-state index contributed by atoms with van der Waals surface area (Å²) < 4.78 is 27.4. The van der Waals surface area contributed by atoms with Crippen LogP contribution in [-0.2, 0) is 29.5 Å². The number of benzene rings is 1. The molecule has 0 N–H and O–H groups in total. The number of hydrogen-bond acceptors (Lipinski definition) is 3. The summed E-state index contributed by atoms with van der Waals surface area (Å²) in [4.78, 5) is 13.3. The Morgan fingerprint density at radius 1 is 1.22 bits per heavy atom. The molecular formula is C20H23ClN2O3S.